The van der Waals surface area contributed by atoms with E-state index >= 15 is 0 Å². The molecule has 2 aromatic carbocycles. The maximum atomic E-state index is 13.8. The molecule has 21 heavy (non-hydrogen) atoms. The first-order valence-corrected chi connectivity index (χ1v) is 6.95. The summed E-state index contributed by atoms with van der Waals surface area (Å²) in [6, 6.07) is 8.97. The molecule has 0 aliphatic carbocycles. The summed E-state index contributed by atoms with van der Waals surface area (Å²) in [6.45, 7) is 1.69. The minimum absolute atomic E-state index is 0.291. The molecular formula is C15H12BrF4N. The summed E-state index contributed by atoms with van der Waals surface area (Å²) in [5.74, 6) is -0.420. The number of nitrogens with one attached hydrogen (secondary N) is 1. The highest BCUT2D eigenvalue weighted by Gasteiger charge is 2.30. The molecule has 2 rings (SSSR count). The van der Waals surface area contributed by atoms with Crippen LogP contribution in [0.3, 0.4) is 0 Å². The van der Waals surface area contributed by atoms with Crippen LogP contribution < -0.4 is 5.32 Å². The fraction of sp³-hybridized carbons (Fsp3) is 0.200. The zero-order chi connectivity index (χ0) is 15.6. The van der Waals surface area contributed by atoms with Crippen LogP contribution in [-0.2, 0) is 6.18 Å². The summed E-state index contributed by atoms with van der Waals surface area (Å²) in [5.41, 5.74) is -0.0637. The number of rotatable bonds is 3. The summed E-state index contributed by atoms with van der Waals surface area (Å²) in [5, 5.41) is 2.88. The number of anilines is 1. The van der Waals surface area contributed by atoms with Crippen LogP contribution in [0.15, 0.2) is 46.9 Å². The lowest BCUT2D eigenvalue weighted by molar-refractivity contribution is -0.137. The first-order chi connectivity index (χ1) is 9.77. The normalized spacial score (nSPS) is 13.0. The highest BCUT2D eigenvalue weighted by atomic mass is 79.9. The van der Waals surface area contributed by atoms with Crippen molar-refractivity contribution in [3.05, 3.63) is 63.9 Å². The lowest BCUT2D eigenvalue weighted by Crippen LogP contribution is -2.10. The van der Waals surface area contributed by atoms with E-state index in [0.29, 0.717) is 15.7 Å². The highest BCUT2D eigenvalue weighted by Crippen LogP contribution is 2.32. The minimum Gasteiger partial charge on any atom is -0.378 e. The Morgan fingerprint density at radius 3 is 2.43 bits per heavy atom. The summed E-state index contributed by atoms with van der Waals surface area (Å²) >= 11 is 3.16. The zero-order valence-corrected chi connectivity index (χ0v) is 12.6. The third-order valence-electron chi connectivity index (χ3n) is 3.00. The van der Waals surface area contributed by atoms with Crippen molar-refractivity contribution in [3.63, 3.8) is 0 Å². The quantitative estimate of drug-likeness (QED) is 0.683. The summed E-state index contributed by atoms with van der Waals surface area (Å²) in [7, 11) is 0. The molecule has 1 nitrogen and oxygen atoms in total. The van der Waals surface area contributed by atoms with Gasteiger partial charge in [-0.3, -0.25) is 0 Å². The maximum Gasteiger partial charge on any atom is 0.416 e. The molecule has 0 saturated heterocycles. The van der Waals surface area contributed by atoms with Crippen molar-refractivity contribution in [2.75, 3.05) is 5.32 Å². The number of alkyl halides is 3. The molecule has 0 fully saturated rings. The van der Waals surface area contributed by atoms with Crippen molar-refractivity contribution in [1.29, 1.82) is 0 Å². The third kappa shape index (κ3) is 3.97. The Balaban J connectivity index is 2.21. The van der Waals surface area contributed by atoms with Crippen molar-refractivity contribution in [3.8, 4) is 0 Å². The zero-order valence-electron chi connectivity index (χ0n) is 11.0. The molecule has 1 atom stereocenters. The Morgan fingerprint density at radius 2 is 1.81 bits per heavy atom. The van der Waals surface area contributed by atoms with E-state index in [9.17, 15) is 17.6 Å². The van der Waals surface area contributed by atoms with Crippen molar-refractivity contribution in [2.24, 2.45) is 0 Å². The first kappa shape index (κ1) is 15.8. The molecule has 112 valence electrons. The van der Waals surface area contributed by atoms with Gasteiger partial charge in [-0.1, -0.05) is 28.1 Å². The average Bonchev–Trinajstić information content (AvgIpc) is 2.37. The van der Waals surface area contributed by atoms with E-state index in [0.717, 1.165) is 12.1 Å². The van der Waals surface area contributed by atoms with E-state index < -0.39 is 23.6 Å². The van der Waals surface area contributed by atoms with Gasteiger partial charge in [-0.15, -0.1) is 0 Å². The van der Waals surface area contributed by atoms with Crippen LogP contribution in [0.25, 0.3) is 0 Å². The standard InChI is InChI=1S/C15H12BrF4N/c1-9(13-6-5-11(16)8-14(13)17)21-12-4-2-3-10(7-12)15(18,19)20/h2-9,21H,1H3. The van der Waals surface area contributed by atoms with Crippen LogP contribution >= 0.6 is 15.9 Å². The molecule has 0 aliphatic heterocycles. The predicted octanol–water partition coefficient (Wildman–Crippen LogP) is 5.78. The van der Waals surface area contributed by atoms with Gasteiger partial charge in [0.05, 0.1) is 11.6 Å². The molecule has 0 spiro atoms. The molecule has 0 bridgehead atoms. The molecule has 1 unspecified atom stereocenters. The fourth-order valence-electron chi connectivity index (χ4n) is 1.97. The van der Waals surface area contributed by atoms with Gasteiger partial charge in [0.15, 0.2) is 0 Å². The molecule has 0 radical (unpaired) electrons. The first-order valence-electron chi connectivity index (χ1n) is 6.16. The molecular weight excluding hydrogens is 350 g/mol. The van der Waals surface area contributed by atoms with Gasteiger partial charge < -0.3 is 5.32 Å². The maximum absolute atomic E-state index is 13.8. The molecule has 6 heteroatoms. The summed E-state index contributed by atoms with van der Waals surface area (Å²) < 4.78 is 52.4. The van der Waals surface area contributed by atoms with E-state index in [1.165, 1.54) is 18.2 Å². The van der Waals surface area contributed by atoms with Crippen LogP contribution in [0, 0.1) is 5.82 Å². The fourth-order valence-corrected chi connectivity index (χ4v) is 2.30. The monoisotopic (exact) mass is 361 g/mol. The lowest BCUT2D eigenvalue weighted by Gasteiger charge is -2.17. The van der Waals surface area contributed by atoms with Gasteiger partial charge >= 0.3 is 6.18 Å². The van der Waals surface area contributed by atoms with E-state index in [1.807, 2.05) is 0 Å². The molecule has 0 saturated carbocycles. The Labute approximate surface area is 128 Å². The van der Waals surface area contributed by atoms with Gasteiger partial charge in [0.1, 0.15) is 5.82 Å². The topological polar surface area (TPSA) is 12.0 Å². The third-order valence-corrected chi connectivity index (χ3v) is 3.50. The van der Waals surface area contributed by atoms with Gasteiger partial charge in [0.25, 0.3) is 0 Å². The largest absolute Gasteiger partial charge is 0.416 e. The summed E-state index contributed by atoms with van der Waals surface area (Å²) in [6.07, 6.45) is -4.40. The molecule has 0 aromatic heterocycles. The number of benzene rings is 2. The van der Waals surface area contributed by atoms with E-state index in [-0.39, 0.29) is 0 Å². The molecule has 0 heterocycles. The second kappa shape index (κ2) is 6.05. The van der Waals surface area contributed by atoms with Crippen molar-refractivity contribution in [1.82, 2.24) is 0 Å². The number of hydrogen-bond acceptors (Lipinski definition) is 1. The molecule has 1 N–H and O–H groups in total. The molecule has 2 aromatic rings. The van der Waals surface area contributed by atoms with Crippen molar-refractivity contribution >= 4 is 21.6 Å². The Hall–Kier alpha value is -1.56. The van der Waals surface area contributed by atoms with E-state index in [2.05, 4.69) is 21.2 Å². The highest BCUT2D eigenvalue weighted by molar-refractivity contribution is 9.10. The lowest BCUT2D eigenvalue weighted by atomic mass is 10.1. The van der Waals surface area contributed by atoms with Crippen molar-refractivity contribution < 1.29 is 17.6 Å². The van der Waals surface area contributed by atoms with Gasteiger partial charge in [-0.2, -0.15) is 13.2 Å². The summed E-state index contributed by atoms with van der Waals surface area (Å²) in [4.78, 5) is 0. The second-order valence-electron chi connectivity index (χ2n) is 4.61. The SMILES string of the molecule is CC(Nc1cccc(C(F)(F)F)c1)c1ccc(Br)cc1F. The van der Waals surface area contributed by atoms with Gasteiger partial charge in [0.2, 0.25) is 0 Å². The van der Waals surface area contributed by atoms with E-state index in [4.69, 9.17) is 0 Å². The van der Waals surface area contributed by atoms with Crippen LogP contribution in [-0.4, -0.2) is 0 Å². The van der Waals surface area contributed by atoms with Crippen LogP contribution in [0.4, 0.5) is 23.2 Å². The second-order valence-corrected chi connectivity index (χ2v) is 5.53. The van der Waals surface area contributed by atoms with Crippen LogP contribution in [0.5, 0.6) is 0 Å². The van der Waals surface area contributed by atoms with Crippen LogP contribution in [0.2, 0.25) is 0 Å². The predicted molar refractivity (Wildman–Crippen MR) is 77.6 cm³/mol. The smallest absolute Gasteiger partial charge is 0.378 e. The molecule has 0 aliphatic rings. The van der Waals surface area contributed by atoms with E-state index in [1.54, 1.807) is 19.1 Å². The van der Waals surface area contributed by atoms with Gasteiger partial charge in [0, 0.05) is 15.7 Å². The number of hydrogen-bond donors (Lipinski definition) is 1. The molecule has 0 amide bonds. The Kier molecular flexibility index (Phi) is 4.56. The minimum atomic E-state index is -4.40. The van der Waals surface area contributed by atoms with Crippen molar-refractivity contribution in [2.45, 2.75) is 19.1 Å². The Morgan fingerprint density at radius 1 is 1.10 bits per heavy atom. The van der Waals surface area contributed by atoms with Gasteiger partial charge in [-0.25, -0.2) is 4.39 Å². The van der Waals surface area contributed by atoms with Crippen LogP contribution in [0.1, 0.15) is 24.1 Å². The van der Waals surface area contributed by atoms with Gasteiger partial charge in [-0.05, 0) is 37.3 Å². The number of halogens is 5. The average molecular weight is 362 g/mol. The Bertz CT molecular complexity index is 640.